The van der Waals surface area contributed by atoms with Gasteiger partial charge in [0.1, 0.15) is 5.82 Å². The predicted molar refractivity (Wildman–Crippen MR) is 87.4 cm³/mol. The van der Waals surface area contributed by atoms with Crippen molar-refractivity contribution in [1.29, 1.82) is 0 Å². The maximum Gasteiger partial charge on any atom is 0.123 e. The molecule has 0 bridgehead atoms. The van der Waals surface area contributed by atoms with Crippen LogP contribution in [0, 0.1) is 5.82 Å². The molecule has 21 heavy (non-hydrogen) atoms. The SMILES string of the molecule is CC(C)NCC(Cc1ccc(F)cc1)c1cccc(Cl)c1. The van der Waals surface area contributed by atoms with Gasteiger partial charge >= 0.3 is 0 Å². The van der Waals surface area contributed by atoms with Gasteiger partial charge in [0.25, 0.3) is 0 Å². The molecule has 0 saturated carbocycles. The summed E-state index contributed by atoms with van der Waals surface area (Å²) >= 11 is 6.11. The maximum absolute atomic E-state index is 13.0. The third-order valence-electron chi connectivity index (χ3n) is 3.49. The minimum absolute atomic E-state index is 0.196. The number of halogens is 2. The highest BCUT2D eigenvalue weighted by Crippen LogP contribution is 2.23. The lowest BCUT2D eigenvalue weighted by molar-refractivity contribution is 0.526. The molecule has 0 fully saturated rings. The lowest BCUT2D eigenvalue weighted by atomic mass is 9.91. The van der Waals surface area contributed by atoms with E-state index >= 15 is 0 Å². The minimum atomic E-state index is -0.196. The number of hydrogen-bond donors (Lipinski definition) is 1. The summed E-state index contributed by atoms with van der Waals surface area (Å²) in [4.78, 5) is 0. The zero-order valence-electron chi connectivity index (χ0n) is 12.4. The molecule has 1 unspecified atom stereocenters. The number of benzene rings is 2. The van der Waals surface area contributed by atoms with Crippen molar-refractivity contribution in [2.45, 2.75) is 32.2 Å². The second kappa shape index (κ2) is 7.58. The van der Waals surface area contributed by atoms with E-state index in [2.05, 4.69) is 25.2 Å². The lowest BCUT2D eigenvalue weighted by Crippen LogP contribution is -2.29. The first-order valence-electron chi connectivity index (χ1n) is 7.28. The smallest absolute Gasteiger partial charge is 0.123 e. The van der Waals surface area contributed by atoms with Crippen molar-refractivity contribution < 1.29 is 4.39 Å². The van der Waals surface area contributed by atoms with E-state index in [0.717, 1.165) is 23.6 Å². The first kappa shape index (κ1) is 16.0. The quantitative estimate of drug-likeness (QED) is 0.808. The molecule has 0 aliphatic rings. The monoisotopic (exact) mass is 305 g/mol. The van der Waals surface area contributed by atoms with Crippen LogP contribution in [0.2, 0.25) is 5.02 Å². The summed E-state index contributed by atoms with van der Waals surface area (Å²) < 4.78 is 13.0. The molecule has 2 aromatic rings. The highest BCUT2D eigenvalue weighted by atomic mass is 35.5. The van der Waals surface area contributed by atoms with Crippen LogP contribution in [-0.2, 0) is 6.42 Å². The Bertz CT molecular complexity index is 566. The molecular formula is C18H21ClFN. The topological polar surface area (TPSA) is 12.0 Å². The van der Waals surface area contributed by atoms with Crippen molar-refractivity contribution >= 4 is 11.6 Å². The molecule has 2 rings (SSSR count). The molecule has 0 spiro atoms. The molecule has 2 aromatic carbocycles. The minimum Gasteiger partial charge on any atom is -0.314 e. The zero-order valence-corrected chi connectivity index (χ0v) is 13.2. The summed E-state index contributed by atoms with van der Waals surface area (Å²) in [5.41, 5.74) is 2.34. The van der Waals surface area contributed by atoms with Gasteiger partial charge in [0, 0.05) is 23.5 Å². The van der Waals surface area contributed by atoms with Crippen LogP contribution in [0.25, 0.3) is 0 Å². The summed E-state index contributed by atoms with van der Waals surface area (Å²) in [6, 6.07) is 15.1. The predicted octanol–water partition coefficient (Wildman–Crippen LogP) is 4.80. The number of hydrogen-bond acceptors (Lipinski definition) is 1. The maximum atomic E-state index is 13.0. The largest absolute Gasteiger partial charge is 0.314 e. The first-order chi connectivity index (χ1) is 10.0. The fourth-order valence-corrected chi connectivity index (χ4v) is 2.55. The zero-order chi connectivity index (χ0) is 15.2. The first-order valence-corrected chi connectivity index (χ1v) is 7.65. The van der Waals surface area contributed by atoms with E-state index in [-0.39, 0.29) is 5.82 Å². The summed E-state index contributed by atoms with van der Waals surface area (Å²) in [6.07, 6.45) is 0.861. The third-order valence-corrected chi connectivity index (χ3v) is 3.72. The van der Waals surface area contributed by atoms with Crippen LogP contribution < -0.4 is 5.32 Å². The van der Waals surface area contributed by atoms with Crippen molar-refractivity contribution in [1.82, 2.24) is 5.32 Å². The molecule has 0 heterocycles. The Balaban J connectivity index is 2.17. The lowest BCUT2D eigenvalue weighted by Gasteiger charge is -2.20. The molecule has 0 aliphatic heterocycles. The van der Waals surface area contributed by atoms with E-state index in [1.54, 1.807) is 0 Å². The standard InChI is InChI=1S/C18H21ClFN/c1-13(2)21-12-16(15-4-3-5-17(19)11-15)10-14-6-8-18(20)9-7-14/h3-9,11,13,16,21H,10,12H2,1-2H3. The van der Waals surface area contributed by atoms with E-state index in [9.17, 15) is 4.39 Å². The normalized spacial score (nSPS) is 12.6. The Kier molecular flexibility index (Phi) is 5.77. The fraction of sp³-hybridized carbons (Fsp3) is 0.333. The number of nitrogens with one attached hydrogen (secondary N) is 1. The van der Waals surface area contributed by atoms with Gasteiger partial charge in [-0.3, -0.25) is 0 Å². The van der Waals surface area contributed by atoms with Crippen LogP contribution >= 0.6 is 11.6 Å². The summed E-state index contributed by atoms with van der Waals surface area (Å²) in [5.74, 6) is 0.120. The van der Waals surface area contributed by atoms with Crippen molar-refractivity contribution in [3.05, 3.63) is 70.5 Å². The van der Waals surface area contributed by atoms with Gasteiger partial charge in [-0.1, -0.05) is 49.7 Å². The van der Waals surface area contributed by atoms with Crippen LogP contribution in [0.4, 0.5) is 4.39 Å². The van der Waals surface area contributed by atoms with Crippen LogP contribution in [-0.4, -0.2) is 12.6 Å². The molecule has 0 aromatic heterocycles. The Morgan fingerprint density at radius 3 is 2.43 bits per heavy atom. The van der Waals surface area contributed by atoms with Gasteiger partial charge in [-0.05, 0) is 41.8 Å². The molecular weight excluding hydrogens is 285 g/mol. The highest BCUT2D eigenvalue weighted by Gasteiger charge is 2.13. The fourth-order valence-electron chi connectivity index (χ4n) is 2.35. The molecule has 0 radical (unpaired) electrons. The van der Waals surface area contributed by atoms with Crippen molar-refractivity contribution in [2.24, 2.45) is 0 Å². The summed E-state index contributed by atoms with van der Waals surface area (Å²) in [7, 11) is 0. The van der Waals surface area contributed by atoms with Gasteiger partial charge in [0.05, 0.1) is 0 Å². The van der Waals surface area contributed by atoms with E-state index in [1.807, 2.05) is 30.3 Å². The molecule has 3 heteroatoms. The molecule has 1 nitrogen and oxygen atoms in total. The molecule has 0 amide bonds. The van der Waals surface area contributed by atoms with E-state index in [4.69, 9.17) is 11.6 Å². The third kappa shape index (κ3) is 5.14. The van der Waals surface area contributed by atoms with E-state index in [1.165, 1.54) is 17.7 Å². The molecule has 1 N–H and O–H groups in total. The number of rotatable bonds is 6. The van der Waals surface area contributed by atoms with Gasteiger partial charge < -0.3 is 5.32 Å². The van der Waals surface area contributed by atoms with Crippen molar-refractivity contribution in [3.63, 3.8) is 0 Å². The van der Waals surface area contributed by atoms with Gasteiger partial charge in [-0.2, -0.15) is 0 Å². The van der Waals surface area contributed by atoms with Crippen LogP contribution in [0.3, 0.4) is 0 Å². The molecule has 112 valence electrons. The van der Waals surface area contributed by atoms with Gasteiger partial charge in [-0.25, -0.2) is 4.39 Å². The van der Waals surface area contributed by atoms with E-state index in [0.29, 0.717) is 12.0 Å². The van der Waals surface area contributed by atoms with Crippen LogP contribution in [0.5, 0.6) is 0 Å². The van der Waals surface area contributed by atoms with Crippen molar-refractivity contribution in [3.8, 4) is 0 Å². The second-order valence-electron chi connectivity index (χ2n) is 5.65. The van der Waals surface area contributed by atoms with Crippen LogP contribution in [0.15, 0.2) is 48.5 Å². The van der Waals surface area contributed by atoms with Crippen molar-refractivity contribution in [2.75, 3.05) is 6.54 Å². The molecule has 0 saturated heterocycles. The Morgan fingerprint density at radius 1 is 1.10 bits per heavy atom. The molecule has 0 aliphatic carbocycles. The van der Waals surface area contributed by atoms with Gasteiger partial charge in [0.2, 0.25) is 0 Å². The summed E-state index contributed by atoms with van der Waals surface area (Å²) in [5, 5.41) is 4.23. The van der Waals surface area contributed by atoms with Gasteiger partial charge in [-0.15, -0.1) is 0 Å². The molecule has 1 atom stereocenters. The highest BCUT2D eigenvalue weighted by molar-refractivity contribution is 6.30. The average Bonchev–Trinajstić information content (AvgIpc) is 2.45. The summed E-state index contributed by atoms with van der Waals surface area (Å²) in [6.45, 7) is 5.13. The van der Waals surface area contributed by atoms with Gasteiger partial charge in [0.15, 0.2) is 0 Å². The van der Waals surface area contributed by atoms with Crippen LogP contribution in [0.1, 0.15) is 30.9 Å². The Labute approximate surface area is 131 Å². The average molecular weight is 306 g/mol. The Hall–Kier alpha value is -1.38. The Morgan fingerprint density at radius 2 is 1.81 bits per heavy atom. The second-order valence-corrected chi connectivity index (χ2v) is 6.08. The van der Waals surface area contributed by atoms with E-state index < -0.39 is 0 Å².